The molecular weight excluding hydrogens is 253 g/mol. The zero-order chi connectivity index (χ0) is 14.5. The fourth-order valence-electron chi connectivity index (χ4n) is 2.72. The van der Waals surface area contributed by atoms with Gasteiger partial charge < -0.3 is 10.0 Å². The summed E-state index contributed by atoms with van der Waals surface area (Å²) in [6, 6.07) is 7.24. The summed E-state index contributed by atoms with van der Waals surface area (Å²) < 4.78 is 13.7. The van der Waals surface area contributed by atoms with Crippen molar-refractivity contribution in [2.75, 3.05) is 13.1 Å². The Labute approximate surface area is 121 Å². The molecule has 2 rings (SSSR count). The highest BCUT2D eigenvalue weighted by molar-refractivity contribution is 5.20. The van der Waals surface area contributed by atoms with Crippen molar-refractivity contribution < 1.29 is 9.50 Å². The molecule has 0 spiro atoms. The van der Waals surface area contributed by atoms with Crippen LogP contribution in [-0.2, 0) is 0 Å². The van der Waals surface area contributed by atoms with Gasteiger partial charge in [0.25, 0.3) is 0 Å². The van der Waals surface area contributed by atoms with Crippen molar-refractivity contribution in [1.82, 2.24) is 4.90 Å². The Bertz CT molecular complexity index is 419. The molecule has 3 heteroatoms. The van der Waals surface area contributed by atoms with Crippen LogP contribution in [0.2, 0.25) is 0 Å². The quantitative estimate of drug-likeness (QED) is 0.783. The van der Waals surface area contributed by atoms with E-state index in [1.165, 1.54) is 31.7 Å². The fourth-order valence-corrected chi connectivity index (χ4v) is 2.72. The van der Waals surface area contributed by atoms with Gasteiger partial charge in [-0.15, -0.1) is 0 Å². The minimum Gasteiger partial charge on any atom is -0.388 e. The summed E-state index contributed by atoms with van der Waals surface area (Å²) in [5.74, 6) is -0.261. The number of unbranched alkanes of at least 4 members (excludes halogenated alkanes) is 1. The zero-order valence-electron chi connectivity index (χ0n) is 12.6. The van der Waals surface area contributed by atoms with Crippen LogP contribution in [0.3, 0.4) is 0 Å². The highest BCUT2D eigenvalue weighted by Crippen LogP contribution is 2.31. The summed E-state index contributed by atoms with van der Waals surface area (Å²) in [5, 5.41) is 10.4. The molecule has 0 amide bonds. The molecule has 0 saturated heterocycles. The van der Waals surface area contributed by atoms with E-state index in [1.54, 1.807) is 18.2 Å². The lowest BCUT2D eigenvalue weighted by Gasteiger charge is -2.28. The van der Waals surface area contributed by atoms with Crippen molar-refractivity contribution in [2.24, 2.45) is 5.92 Å². The molecule has 0 heterocycles. The largest absolute Gasteiger partial charge is 0.388 e. The van der Waals surface area contributed by atoms with Crippen LogP contribution >= 0.6 is 0 Å². The first-order chi connectivity index (χ1) is 9.63. The predicted octanol–water partition coefficient (Wildman–Crippen LogP) is 3.76. The third-order valence-electron chi connectivity index (χ3n) is 4.15. The zero-order valence-corrected chi connectivity index (χ0v) is 12.6. The predicted molar refractivity (Wildman–Crippen MR) is 80.0 cm³/mol. The summed E-state index contributed by atoms with van der Waals surface area (Å²) in [6.45, 7) is 6.15. The first kappa shape index (κ1) is 15.5. The van der Waals surface area contributed by atoms with Gasteiger partial charge in [0.15, 0.2) is 0 Å². The van der Waals surface area contributed by atoms with Crippen molar-refractivity contribution in [3.63, 3.8) is 0 Å². The summed E-state index contributed by atoms with van der Waals surface area (Å²) in [4.78, 5) is 2.47. The van der Waals surface area contributed by atoms with Crippen LogP contribution in [0.5, 0.6) is 0 Å². The molecule has 0 bridgehead atoms. The Morgan fingerprint density at radius 3 is 2.65 bits per heavy atom. The Morgan fingerprint density at radius 2 is 2.05 bits per heavy atom. The molecule has 1 saturated carbocycles. The average molecular weight is 279 g/mol. The third-order valence-corrected chi connectivity index (χ3v) is 4.15. The maximum atomic E-state index is 13.7. The van der Waals surface area contributed by atoms with Crippen molar-refractivity contribution >= 4 is 0 Å². The molecule has 1 fully saturated rings. The topological polar surface area (TPSA) is 23.5 Å². The smallest absolute Gasteiger partial charge is 0.129 e. The van der Waals surface area contributed by atoms with E-state index >= 15 is 0 Å². The summed E-state index contributed by atoms with van der Waals surface area (Å²) in [6.07, 6.45) is 4.20. The Hall–Kier alpha value is -0.930. The molecule has 0 aromatic heterocycles. The van der Waals surface area contributed by atoms with E-state index in [4.69, 9.17) is 0 Å². The Morgan fingerprint density at radius 1 is 1.35 bits per heavy atom. The van der Waals surface area contributed by atoms with Crippen LogP contribution in [0.15, 0.2) is 24.3 Å². The first-order valence-electron chi connectivity index (χ1n) is 7.80. The van der Waals surface area contributed by atoms with Crippen LogP contribution < -0.4 is 0 Å². The van der Waals surface area contributed by atoms with Crippen LogP contribution in [0, 0.1) is 11.7 Å². The molecule has 2 atom stereocenters. The van der Waals surface area contributed by atoms with Crippen LogP contribution in [0.4, 0.5) is 4.39 Å². The second-order valence-corrected chi connectivity index (χ2v) is 6.02. The molecule has 2 unspecified atom stereocenters. The molecule has 2 nitrogen and oxygen atoms in total. The number of halogens is 1. The molecule has 1 aliphatic carbocycles. The lowest BCUT2D eigenvalue weighted by atomic mass is 9.96. The maximum absolute atomic E-state index is 13.7. The summed E-state index contributed by atoms with van der Waals surface area (Å²) >= 11 is 0. The number of nitrogens with zero attached hydrogens (tertiary/aromatic N) is 1. The number of hydrogen-bond donors (Lipinski definition) is 1. The molecule has 20 heavy (non-hydrogen) atoms. The van der Waals surface area contributed by atoms with E-state index in [-0.39, 0.29) is 11.7 Å². The van der Waals surface area contributed by atoms with E-state index in [0.29, 0.717) is 11.6 Å². The number of hydrogen-bond acceptors (Lipinski definition) is 2. The SMILES string of the molecule is CCCCN(CC(C)C(O)c1ccccc1F)C1CC1. The molecule has 0 radical (unpaired) electrons. The maximum Gasteiger partial charge on any atom is 0.129 e. The molecule has 0 aliphatic heterocycles. The Kier molecular flexibility index (Phi) is 5.55. The molecule has 1 aromatic rings. The first-order valence-corrected chi connectivity index (χ1v) is 7.80. The van der Waals surface area contributed by atoms with Gasteiger partial charge in [0, 0.05) is 18.2 Å². The second-order valence-electron chi connectivity index (χ2n) is 6.02. The lowest BCUT2D eigenvalue weighted by Crippen LogP contribution is -2.34. The van der Waals surface area contributed by atoms with Crippen molar-refractivity contribution in [3.05, 3.63) is 35.6 Å². The van der Waals surface area contributed by atoms with E-state index in [1.807, 2.05) is 6.92 Å². The summed E-state index contributed by atoms with van der Waals surface area (Å²) in [5.41, 5.74) is 0.422. The van der Waals surface area contributed by atoms with Gasteiger partial charge in [-0.1, -0.05) is 38.5 Å². The minimum absolute atomic E-state index is 0.0457. The number of aliphatic hydroxyl groups is 1. The van der Waals surface area contributed by atoms with E-state index in [9.17, 15) is 9.50 Å². The molecule has 1 N–H and O–H groups in total. The monoisotopic (exact) mass is 279 g/mol. The van der Waals surface area contributed by atoms with Crippen LogP contribution in [-0.4, -0.2) is 29.1 Å². The van der Waals surface area contributed by atoms with E-state index in [0.717, 1.165) is 13.1 Å². The molecule has 112 valence electrons. The minimum atomic E-state index is -0.723. The molecular formula is C17H26FNO. The van der Waals surface area contributed by atoms with Gasteiger partial charge in [0.1, 0.15) is 5.82 Å². The number of rotatable bonds is 8. The van der Waals surface area contributed by atoms with Gasteiger partial charge in [-0.05, 0) is 37.8 Å². The number of benzene rings is 1. The average Bonchev–Trinajstić information content (AvgIpc) is 3.27. The van der Waals surface area contributed by atoms with Crippen molar-refractivity contribution in [3.8, 4) is 0 Å². The third kappa shape index (κ3) is 4.03. The van der Waals surface area contributed by atoms with Gasteiger partial charge in [-0.3, -0.25) is 0 Å². The summed E-state index contributed by atoms with van der Waals surface area (Å²) in [7, 11) is 0. The van der Waals surface area contributed by atoms with Gasteiger partial charge >= 0.3 is 0 Å². The van der Waals surface area contributed by atoms with Crippen LogP contribution in [0.25, 0.3) is 0 Å². The second kappa shape index (κ2) is 7.19. The van der Waals surface area contributed by atoms with Crippen LogP contribution in [0.1, 0.15) is 51.2 Å². The van der Waals surface area contributed by atoms with E-state index in [2.05, 4.69) is 11.8 Å². The van der Waals surface area contributed by atoms with Crippen molar-refractivity contribution in [2.45, 2.75) is 51.7 Å². The lowest BCUT2D eigenvalue weighted by molar-refractivity contribution is 0.0823. The Balaban J connectivity index is 1.95. The fraction of sp³-hybridized carbons (Fsp3) is 0.647. The highest BCUT2D eigenvalue weighted by atomic mass is 19.1. The van der Waals surface area contributed by atoms with Crippen molar-refractivity contribution in [1.29, 1.82) is 0 Å². The number of aliphatic hydroxyl groups excluding tert-OH is 1. The van der Waals surface area contributed by atoms with Gasteiger partial charge in [0.05, 0.1) is 6.10 Å². The highest BCUT2D eigenvalue weighted by Gasteiger charge is 2.31. The van der Waals surface area contributed by atoms with E-state index < -0.39 is 6.10 Å². The van der Waals surface area contributed by atoms with Gasteiger partial charge in [-0.25, -0.2) is 4.39 Å². The normalized spacial score (nSPS) is 18.2. The standard InChI is InChI=1S/C17H26FNO/c1-3-4-11-19(14-9-10-14)12-13(2)17(20)15-7-5-6-8-16(15)18/h5-8,13-14,17,20H,3-4,9-12H2,1-2H3. The molecule has 1 aliphatic rings. The van der Waals surface area contributed by atoms with Gasteiger partial charge in [-0.2, -0.15) is 0 Å². The van der Waals surface area contributed by atoms with Gasteiger partial charge in [0.2, 0.25) is 0 Å². The molecule has 1 aromatic carbocycles.